The Hall–Kier alpha value is -3.94. The summed E-state index contributed by atoms with van der Waals surface area (Å²) in [6, 6.07) is 17.8. The van der Waals surface area contributed by atoms with Crippen LogP contribution >= 0.6 is 0 Å². The predicted molar refractivity (Wildman–Crippen MR) is 111 cm³/mol. The monoisotopic (exact) mass is 406 g/mol. The van der Waals surface area contributed by atoms with E-state index in [2.05, 4.69) is 15.8 Å². The van der Waals surface area contributed by atoms with Crippen molar-refractivity contribution in [2.45, 2.75) is 6.54 Å². The molecule has 0 spiro atoms. The van der Waals surface area contributed by atoms with Crippen molar-refractivity contribution < 1.29 is 18.9 Å². The molecule has 3 amide bonds. The Balaban J connectivity index is 1.46. The van der Waals surface area contributed by atoms with Crippen molar-refractivity contribution in [1.82, 2.24) is 20.7 Å². The van der Waals surface area contributed by atoms with Gasteiger partial charge in [-0.15, -0.1) is 0 Å². The number of nitrogens with zero attached hydrogens (tertiary/aromatic N) is 2. The first-order valence-electron chi connectivity index (χ1n) is 9.31. The molecular weight excluding hydrogens is 384 g/mol. The number of hydrogen-bond donors (Lipinski definition) is 2. The number of nitrogens with one attached hydrogen (secondary N) is 2. The molecule has 0 bridgehead atoms. The number of aromatic nitrogens is 1. The van der Waals surface area contributed by atoms with Gasteiger partial charge >= 0.3 is 0 Å². The van der Waals surface area contributed by atoms with Crippen molar-refractivity contribution in [2.24, 2.45) is 0 Å². The lowest BCUT2D eigenvalue weighted by atomic mass is 10.1. The van der Waals surface area contributed by atoms with E-state index in [0.29, 0.717) is 11.3 Å². The Labute approximate surface area is 173 Å². The second-order valence-electron chi connectivity index (χ2n) is 6.80. The maximum atomic E-state index is 12.2. The van der Waals surface area contributed by atoms with Gasteiger partial charge in [0.15, 0.2) is 11.5 Å². The molecule has 3 rings (SSSR count). The normalized spacial score (nSPS) is 10.3. The number of amides is 3. The second kappa shape index (κ2) is 9.51. The molecule has 2 aromatic carbocycles. The standard InChI is InChI=1S/C22H22N4O4/c1-26(2)22(29)17-10-8-15(9-11-17)13-23-20(27)14-24-21(28)18-12-19(30-25-18)16-6-4-3-5-7-16/h3-12H,13-14H2,1-2H3,(H,23,27)(H,24,28). The Bertz CT molecular complexity index is 1030. The van der Waals surface area contributed by atoms with Crippen LogP contribution < -0.4 is 10.6 Å². The van der Waals surface area contributed by atoms with Crippen molar-refractivity contribution >= 4 is 17.7 Å². The lowest BCUT2D eigenvalue weighted by molar-refractivity contribution is -0.120. The molecule has 0 aliphatic carbocycles. The summed E-state index contributed by atoms with van der Waals surface area (Å²) in [5, 5.41) is 8.98. The molecule has 0 atom stereocenters. The van der Waals surface area contributed by atoms with E-state index in [1.54, 1.807) is 38.4 Å². The van der Waals surface area contributed by atoms with Gasteiger partial charge in [-0.1, -0.05) is 47.6 Å². The van der Waals surface area contributed by atoms with Gasteiger partial charge in [-0.2, -0.15) is 0 Å². The second-order valence-corrected chi connectivity index (χ2v) is 6.80. The van der Waals surface area contributed by atoms with Gasteiger partial charge in [0.25, 0.3) is 11.8 Å². The maximum absolute atomic E-state index is 12.2. The van der Waals surface area contributed by atoms with Gasteiger partial charge in [0.2, 0.25) is 5.91 Å². The van der Waals surface area contributed by atoms with Crippen LogP contribution in [-0.2, 0) is 11.3 Å². The summed E-state index contributed by atoms with van der Waals surface area (Å²) in [7, 11) is 3.37. The fourth-order valence-electron chi connectivity index (χ4n) is 2.66. The van der Waals surface area contributed by atoms with E-state index in [-0.39, 0.29) is 30.6 Å². The molecule has 0 aliphatic rings. The molecular formula is C22H22N4O4. The predicted octanol–water partition coefficient (Wildman–Crippen LogP) is 2.09. The number of hydrogen-bond acceptors (Lipinski definition) is 5. The number of benzene rings is 2. The zero-order valence-corrected chi connectivity index (χ0v) is 16.7. The summed E-state index contributed by atoms with van der Waals surface area (Å²) in [6.07, 6.45) is 0. The van der Waals surface area contributed by atoms with E-state index >= 15 is 0 Å². The van der Waals surface area contributed by atoms with E-state index in [9.17, 15) is 14.4 Å². The largest absolute Gasteiger partial charge is 0.355 e. The van der Waals surface area contributed by atoms with Gasteiger partial charge in [0.1, 0.15) is 0 Å². The highest BCUT2D eigenvalue weighted by molar-refractivity contribution is 5.95. The van der Waals surface area contributed by atoms with Crippen LogP contribution in [0.5, 0.6) is 0 Å². The van der Waals surface area contributed by atoms with Crippen molar-refractivity contribution in [2.75, 3.05) is 20.6 Å². The van der Waals surface area contributed by atoms with Crippen molar-refractivity contribution in [3.8, 4) is 11.3 Å². The van der Waals surface area contributed by atoms with Gasteiger partial charge in [-0.3, -0.25) is 14.4 Å². The number of carbonyl (C=O) groups is 3. The fraction of sp³-hybridized carbons (Fsp3) is 0.182. The Morgan fingerprint density at radius 1 is 0.967 bits per heavy atom. The van der Waals surface area contributed by atoms with E-state index < -0.39 is 5.91 Å². The first kappa shape index (κ1) is 20.8. The van der Waals surface area contributed by atoms with Gasteiger partial charge in [-0.05, 0) is 17.7 Å². The molecule has 0 saturated heterocycles. The molecule has 30 heavy (non-hydrogen) atoms. The van der Waals surface area contributed by atoms with Crippen LogP contribution in [0.4, 0.5) is 0 Å². The first-order chi connectivity index (χ1) is 14.4. The Morgan fingerprint density at radius 3 is 2.33 bits per heavy atom. The van der Waals surface area contributed by atoms with E-state index in [4.69, 9.17) is 4.52 Å². The van der Waals surface area contributed by atoms with E-state index in [0.717, 1.165) is 11.1 Å². The minimum atomic E-state index is -0.498. The summed E-state index contributed by atoms with van der Waals surface area (Å²) < 4.78 is 5.19. The smallest absolute Gasteiger partial charge is 0.273 e. The quantitative estimate of drug-likeness (QED) is 0.625. The Morgan fingerprint density at radius 2 is 1.67 bits per heavy atom. The maximum Gasteiger partial charge on any atom is 0.273 e. The molecule has 0 unspecified atom stereocenters. The molecule has 3 aromatic rings. The van der Waals surface area contributed by atoms with Crippen molar-refractivity contribution in [3.63, 3.8) is 0 Å². The van der Waals surface area contributed by atoms with Gasteiger partial charge in [0.05, 0.1) is 6.54 Å². The summed E-state index contributed by atoms with van der Waals surface area (Å²) in [4.78, 5) is 37.6. The third kappa shape index (κ3) is 5.32. The topological polar surface area (TPSA) is 105 Å². The lowest BCUT2D eigenvalue weighted by Gasteiger charge is -2.11. The van der Waals surface area contributed by atoms with E-state index in [1.165, 1.54) is 11.0 Å². The van der Waals surface area contributed by atoms with Crippen LogP contribution in [0.25, 0.3) is 11.3 Å². The van der Waals surface area contributed by atoms with Crippen LogP contribution in [0.1, 0.15) is 26.4 Å². The molecule has 8 nitrogen and oxygen atoms in total. The average Bonchev–Trinajstić information content (AvgIpc) is 3.27. The van der Waals surface area contributed by atoms with Crippen LogP contribution in [0.15, 0.2) is 65.2 Å². The fourth-order valence-corrected chi connectivity index (χ4v) is 2.66. The number of carbonyl (C=O) groups excluding carboxylic acids is 3. The van der Waals surface area contributed by atoms with Crippen LogP contribution in [-0.4, -0.2) is 48.4 Å². The van der Waals surface area contributed by atoms with Crippen molar-refractivity contribution in [1.29, 1.82) is 0 Å². The third-order valence-corrected chi connectivity index (χ3v) is 4.31. The first-order valence-corrected chi connectivity index (χ1v) is 9.31. The summed E-state index contributed by atoms with van der Waals surface area (Å²) >= 11 is 0. The van der Waals surface area contributed by atoms with Gasteiger partial charge in [-0.25, -0.2) is 0 Å². The summed E-state index contributed by atoms with van der Waals surface area (Å²) in [5.74, 6) is -0.454. The van der Waals surface area contributed by atoms with Crippen LogP contribution in [0.2, 0.25) is 0 Å². The van der Waals surface area contributed by atoms with Crippen LogP contribution in [0.3, 0.4) is 0 Å². The molecule has 0 fully saturated rings. The Kier molecular flexibility index (Phi) is 6.59. The third-order valence-electron chi connectivity index (χ3n) is 4.31. The molecule has 8 heteroatoms. The zero-order valence-electron chi connectivity index (χ0n) is 16.7. The van der Waals surface area contributed by atoms with Crippen LogP contribution in [0, 0.1) is 0 Å². The molecule has 1 aromatic heterocycles. The molecule has 0 aliphatic heterocycles. The number of rotatable bonds is 7. The summed E-state index contributed by atoms with van der Waals surface area (Å²) in [6.45, 7) is 0.0941. The molecule has 0 saturated carbocycles. The van der Waals surface area contributed by atoms with E-state index in [1.807, 2.05) is 30.3 Å². The van der Waals surface area contributed by atoms with Gasteiger partial charge in [0, 0.05) is 37.8 Å². The highest BCUT2D eigenvalue weighted by Gasteiger charge is 2.14. The summed E-state index contributed by atoms with van der Waals surface area (Å²) in [5.41, 5.74) is 2.32. The molecule has 154 valence electrons. The minimum Gasteiger partial charge on any atom is -0.355 e. The minimum absolute atomic E-state index is 0.0865. The lowest BCUT2D eigenvalue weighted by Crippen LogP contribution is -2.36. The zero-order chi connectivity index (χ0) is 21.5. The van der Waals surface area contributed by atoms with Gasteiger partial charge < -0.3 is 20.1 Å². The molecule has 1 heterocycles. The molecule has 0 radical (unpaired) electrons. The van der Waals surface area contributed by atoms with Crippen molar-refractivity contribution in [3.05, 3.63) is 77.5 Å². The SMILES string of the molecule is CN(C)C(=O)c1ccc(CNC(=O)CNC(=O)c2cc(-c3ccccc3)on2)cc1. The highest BCUT2D eigenvalue weighted by Crippen LogP contribution is 2.19. The average molecular weight is 406 g/mol. The molecule has 2 N–H and O–H groups in total. The highest BCUT2D eigenvalue weighted by atomic mass is 16.5.